The zero-order valence-corrected chi connectivity index (χ0v) is 37.9. The Hall–Kier alpha value is -5.00. The number of allylic oxidation sites excluding steroid dienone is 1. The number of amides is 2. The minimum absolute atomic E-state index is 0.0421. The third kappa shape index (κ3) is 8.74. The van der Waals surface area contributed by atoms with Crippen LogP contribution in [-0.2, 0) is 43.2 Å². The molecular weight excluding hydrogens is 846 g/mol. The molecule has 7 heterocycles. The number of pyridine rings is 1. The van der Waals surface area contributed by atoms with Crippen LogP contribution in [0.2, 0.25) is 0 Å². The number of carbonyl (C=O) groups excluding carboxylic acids is 3. The number of alkyl halides is 3. The van der Waals surface area contributed by atoms with Crippen molar-refractivity contribution in [2.24, 2.45) is 17.3 Å². The van der Waals surface area contributed by atoms with E-state index >= 15 is 0 Å². The summed E-state index contributed by atoms with van der Waals surface area (Å²) < 4.78 is 54.9. The Morgan fingerprint density at radius 2 is 1.95 bits per heavy atom. The van der Waals surface area contributed by atoms with Crippen molar-refractivity contribution in [3.63, 3.8) is 0 Å². The summed E-state index contributed by atoms with van der Waals surface area (Å²) in [6, 6.07) is 6.47. The average Bonchev–Trinajstić information content (AvgIpc) is 3.91. The summed E-state index contributed by atoms with van der Waals surface area (Å²) in [7, 11) is 1.70. The average molecular weight is 903 g/mol. The lowest BCUT2D eigenvalue weighted by Gasteiger charge is -2.39. The Labute approximate surface area is 375 Å². The maximum Gasteiger partial charge on any atom is 0.392 e. The Bertz CT molecular complexity index is 2480. The van der Waals surface area contributed by atoms with Crippen LogP contribution < -0.4 is 15.6 Å². The van der Waals surface area contributed by atoms with Crippen LogP contribution in [0.4, 0.5) is 18.9 Å². The molecule has 3 aromatic heterocycles. The number of halogens is 3. The second kappa shape index (κ2) is 17.4. The molecule has 9 rings (SSSR count). The van der Waals surface area contributed by atoms with Gasteiger partial charge in [-0.15, -0.1) is 11.3 Å². The molecule has 4 aromatic rings. The van der Waals surface area contributed by atoms with Crippen LogP contribution in [0.5, 0.6) is 0 Å². The number of rotatable bonds is 7. The highest BCUT2D eigenvalue weighted by Crippen LogP contribution is 2.50. The number of aromatic nitrogens is 3. The quantitative estimate of drug-likeness (QED) is 0.179. The number of thiazole rings is 1. The molecule has 1 aliphatic carbocycles. The van der Waals surface area contributed by atoms with Gasteiger partial charge in [-0.2, -0.15) is 13.2 Å². The van der Waals surface area contributed by atoms with Gasteiger partial charge in [-0.25, -0.2) is 10.4 Å². The molecule has 64 heavy (non-hydrogen) atoms. The molecule has 4 aliphatic heterocycles. The van der Waals surface area contributed by atoms with Crippen molar-refractivity contribution in [1.29, 1.82) is 0 Å². The van der Waals surface area contributed by atoms with E-state index < -0.39 is 53.3 Å². The molecule has 1 unspecified atom stereocenters. The molecule has 6 bridgehead atoms. The molecule has 5 atom stereocenters. The number of hydrogen-bond acceptors (Lipinski definition) is 11. The van der Waals surface area contributed by atoms with Crippen LogP contribution in [0, 0.1) is 17.3 Å². The van der Waals surface area contributed by atoms with E-state index in [2.05, 4.69) is 70.3 Å². The van der Waals surface area contributed by atoms with Crippen LogP contribution >= 0.6 is 11.3 Å². The maximum absolute atomic E-state index is 14.1. The van der Waals surface area contributed by atoms with Gasteiger partial charge in [0.2, 0.25) is 5.91 Å². The highest BCUT2D eigenvalue weighted by Gasteiger charge is 2.59. The largest absolute Gasteiger partial charge is 0.464 e. The first kappa shape index (κ1) is 44.2. The molecule has 17 heteroatoms. The fourth-order valence-corrected chi connectivity index (χ4v) is 10.7. The number of hydrogen-bond donors (Lipinski definition) is 2. The van der Waals surface area contributed by atoms with Crippen molar-refractivity contribution in [1.82, 2.24) is 35.2 Å². The zero-order chi connectivity index (χ0) is 45.1. The van der Waals surface area contributed by atoms with Crippen LogP contribution in [-0.4, -0.2) is 100 Å². The van der Waals surface area contributed by atoms with Gasteiger partial charge >= 0.3 is 12.1 Å². The van der Waals surface area contributed by atoms with Gasteiger partial charge in [0.1, 0.15) is 12.1 Å². The van der Waals surface area contributed by atoms with Gasteiger partial charge < -0.3 is 29.2 Å². The van der Waals surface area contributed by atoms with Crippen molar-refractivity contribution in [2.45, 2.75) is 110 Å². The van der Waals surface area contributed by atoms with E-state index in [1.165, 1.54) is 34.9 Å². The number of esters is 1. The molecule has 2 amide bonds. The minimum Gasteiger partial charge on any atom is -0.464 e. The van der Waals surface area contributed by atoms with Gasteiger partial charge in [-0.05, 0) is 82.6 Å². The van der Waals surface area contributed by atoms with Gasteiger partial charge in [-0.3, -0.25) is 24.4 Å². The molecule has 1 saturated carbocycles. The van der Waals surface area contributed by atoms with E-state index in [0.717, 1.165) is 70.7 Å². The first-order chi connectivity index (χ1) is 30.6. The lowest BCUT2D eigenvalue weighted by atomic mass is 9.84. The number of hydrazine groups is 1. The minimum atomic E-state index is -4.50. The molecule has 2 N–H and O–H groups in total. The van der Waals surface area contributed by atoms with Crippen LogP contribution in [0.3, 0.4) is 0 Å². The number of methoxy groups -OCH3 is 1. The molecular formula is C47H57F3N8O5S. The Morgan fingerprint density at radius 3 is 2.72 bits per heavy atom. The highest BCUT2D eigenvalue weighted by atomic mass is 32.1. The van der Waals surface area contributed by atoms with Crippen LogP contribution in [0.1, 0.15) is 88.6 Å². The number of anilines is 1. The number of cyclic esters (lactones) is 1. The number of fused-ring (bicyclic) bond motifs is 7. The number of nitrogens with zero attached hydrogens (tertiary/aromatic N) is 6. The second-order valence-electron chi connectivity index (χ2n) is 18.7. The lowest BCUT2D eigenvalue weighted by molar-refractivity contribution is -0.156. The number of nitrogens with one attached hydrogen (secondary N) is 2. The van der Waals surface area contributed by atoms with Crippen molar-refractivity contribution in [2.75, 3.05) is 44.8 Å². The molecule has 0 spiro atoms. The lowest BCUT2D eigenvalue weighted by Crippen LogP contribution is -2.60. The molecule has 1 aromatic carbocycles. The normalized spacial score (nSPS) is 24.4. The SMILES string of the molecule is CCn1c(-c2cc(N3C=C4CCCCN4CC3)cnc2[C@H](C)OC)c2c3cc(ccc31)-c1csc(n1)C[C@H](NC(=O)[C@H]1CC1C(F)(F)F)C(=O)N1CCC[C@H](N1)C(=O)OCC(C)(C)C2. The van der Waals surface area contributed by atoms with Gasteiger partial charge in [0.05, 0.1) is 58.5 Å². The second-order valence-corrected chi connectivity index (χ2v) is 19.7. The van der Waals surface area contributed by atoms with Crippen LogP contribution in [0.25, 0.3) is 33.4 Å². The molecule has 13 nitrogen and oxygen atoms in total. The van der Waals surface area contributed by atoms with Crippen molar-refractivity contribution in [3.8, 4) is 22.5 Å². The molecule has 3 fully saturated rings. The Balaban J connectivity index is 1.15. The summed E-state index contributed by atoms with van der Waals surface area (Å²) in [5.41, 5.74) is 11.2. The van der Waals surface area contributed by atoms with Gasteiger partial charge in [-0.1, -0.05) is 19.9 Å². The Morgan fingerprint density at radius 1 is 1.12 bits per heavy atom. The monoisotopic (exact) mass is 902 g/mol. The summed E-state index contributed by atoms with van der Waals surface area (Å²) >= 11 is 1.32. The van der Waals surface area contributed by atoms with Gasteiger partial charge in [0, 0.05) is 91.0 Å². The summed E-state index contributed by atoms with van der Waals surface area (Å²) in [6.07, 6.45) is 3.95. The van der Waals surface area contributed by atoms with E-state index in [-0.39, 0.29) is 32.1 Å². The van der Waals surface area contributed by atoms with E-state index in [1.54, 1.807) is 7.11 Å². The van der Waals surface area contributed by atoms with E-state index in [9.17, 15) is 27.6 Å². The van der Waals surface area contributed by atoms with E-state index in [0.29, 0.717) is 36.5 Å². The fourth-order valence-electron chi connectivity index (χ4n) is 9.87. The van der Waals surface area contributed by atoms with E-state index in [1.807, 2.05) is 24.6 Å². The van der Waals surface area contributed by atoms with Gasteiger partial charge in [0.25, 0.3) is 5.91 Å². The summed E-state index contributed by atoms with van der Waals surface area (Å²) in [5.74, 6) is -4.89. The fraction of sp³-hybridized carbons (Fsp3) is 0.553. The third-order valence-corrected chi connectivity index (χ3v) is 14.4. The summed E-state index contributed by atoms with van der Waals surface area (Å²) in [5, 5.41) is 7.38. The molecule has 342 valence electrons. The number of benzene rings is 1. The summed E-state index contributed by atoms with van der Waals surface area (Å²) in [6.45, 7) is 12.2. The van der Waals surface area contributed by atoms with Crippen molar-refractivity contribution < 1.29 is 37.0 Å². The number of ether oxygens (including phenoxy) is 2. The number of aryl methyl sites for hydroxylation is 1. The smallest absolute Gasteiger partial charge is 0.392 e. The predicted molar refractivity (Wildman–Crippen MR) is 238 cm³/mol. The van der Waals surface area contributed by atoms with Crippen molar-refractivity contribution in [3.05, 3.63) is 64.0 Å². The van der Waals surface area contributed by atoms with E-state index in [4.69, 9.17) is 19.4 Å². The topological polar surface area (TPSA) is 134 Å². The predicted octanol–water partition coefficient (Wildman–Crippen LogP) is 7.55. The molecule has 0 radical (unpaired) electrons. The Kier molecular flexibility index (Phi) is 12.0. The summed E-state index contributed by atoms with van der Waals surface area (Å²) in [4.78, 5) is 56.1. The van der Waals surface area contributed by atoms with Crippen LogP contribution in [0.15, 0.2) is 47.7 Å². The molecule has 5 aliphatic rings. The van der Waals surface area contributed by atoms with Gasteiger partial charge in [0.15, 0.2) is 0 Å². The number of piperidine rings is 1. The molecule has 2 saturated heterocycles. The first-order valence-electron chi connectivity index (χ1n) is 22.6. The standard InChI is InChI=1S/C47H57F3N8O5S/c1-6-57-39-13-12-28-18-31(39)34(42(57)33-19-30(23-51-41(33)27(2)62-5)56-17-16-55-14-8-7-10-29(55)24-56)22-46(3,4)26-63-45(61)36-11-9-15-58(54-36)44(60)37(21-40-52-38(28)25-64-40)53-43(59)32-20-35(32)47(48,49)50/h12-13,18-19,23-25,27,32,35-37,54H,6-11,14-17,20-22,26H2,1-5H3,(H,53,59)/t27-,32-,35?,36-,37-/m0/s1. The zero-order valence-electron chi connectivity index (χ0n) is 37.1. The van der Waals surface area contributed by atoms with Crippen molar-refractivity contribution >= 4 is 45.7 Å². The first-order valence-corrected chi connectivity index (χ1v) is 23.5. The highest BCUT2D eigenvalue weighted by molar-refractivity contribution is 7.10. The number of carbonyl (C=O) groups is 3. The maximum atomic E-state index is 14.1. The third-order valence-electron chi connectivity index (χ3n) is 13.5.